The van der Waals surface area contributed by atoms with E-state index in [1.165, 1.54) is 0 Å². The van der Waals surface area contributed by atoms with E-state index in [2.05, 4.69) is 81.3 Å². The predicted molar refractivity (Wildman–Crippen MR) is 447 cm³/mol. The van der Waals surface area contributed by atoms with Crippen LogP contribution in [0.2, 0.25) is 0 Å². The number of pyridine rings is 9. The van der Waals surface area contributed by atoms with Crippen molar-refractivity contribution in [2.75, 3.05) is 19.8 Å². The minimum Gasteiger partial charge on any atom is -1.00 e. The molecule has 0 spiro atoms. The standard InChI is InChI=1S/3C32H28N4O2.4ClH.2Fe/c3*1-3-9-25(10-4-1)23-38-29-16-15-28(34-21-29)20-36-32(27-11-5-2-6-12-27)24-37-22-26-14-17-31(35-19-26)30-13-7-8-18-33-30;;;;;;/h3*1-21,32H,22-24H2;4*1H;;/q;;;;;;;2*+2/p-4/t3*32-;;;;;;/m111....../s1. The summed E-state index contributed by atoms with van der Waals surface area (Å²) >= 11 is 0. The monoisotopic (exact) mass is 1750 g/mol. The van der Waals surface area contributed by atoms with Crippen molar-refractivity contribution in [2.24, 2.45) is 15.0 Å². The number of benzene rings is 6. The van der Waals surface area contributed by atoms with Crippen molar-refractivity contribution < 1.29 is 112 Å². The van der Waals surface area contributed by atoms with Gasteiger partial charge in [-0.3, -0.25) is 59.8 Å². The average Bonchev–Trinajstić information content (AvgIpc) is 0.862. The third kappa shape index (κ3) is 31.8. The van der Waals surface area contributed by atoms with Crippen LogP contribution >= 0.6 is 0 Å². The summed E-state index contributed by atoms with van der Waals surface area (Å²) in [5.74, 6) is 2.16. The molecule has 0 unspecified atom stereocenters. The molecule has 120 heavy (non-hydrogen) atoms. The Kier molecular flexibility index (Phi) is 42.5. The fraction of sp³-hybridized carbons (Fsp3) is 0.125. The second-order valence-corrected chi connectivity index (χ2v) is 26.0. The maximum Gasteiger partial charge on any atom is 2.00 e. The van der Waals surface area contributed by atoms with Gasteiger partial charge in [0.2, 0.25) is 0 Å². The molecule has 3 atom stereocenters. The molecule has 18 nitrogen and oxygen atoms in total. The summed E-state index contributed by atoms with van der Waals surface area (Å²) in [6.07, 6.45) is 21.3. The Balaban J connectivity index is 0.000000242. The second kappa shape index (κ2) is 53.6. The van der Waals surface area contributed by atoms with Gasteiger partial charge in [-0.05, 0) is 141 Å². The van der Waals surface area contributed by atoms with Gasteiger partial charge in [0.15, 0.2) is 0 Å². The Morgan fingerprint density at radius 2 is 0.475 bits per heavy atom. The van der Waals surface area contributed by atoms with Gasteiger partial charge < -0.3 is 78.0 Å². The third-order valence-corrected chi connectivity index (χ3v) is 17.6. The van der Waals surface area contributed by atoms with E-state index in [0.717, 1.165) is 119 Å². The maximum atomic E-state index is 6.05. The topological polar surface area (TPSA) is 208 Å². The molecule has 608 valence electrons. The van der Waals surface area contributed by atoms with Gasteiger partial charge in [0.1, 0.15) is 37.1 Å². The van der Waals surface area contributed by atoms with Crippen molar-refractivity contribution in [1.82, 2.24) is 44.9 Å². The molecule has 0 N–H and O–H groups in total. The van der Waals surface area contributed by atoms with E-state index in [1.54, 1.807) is 55.8 Å². The van der Waals surface area contributed by atoms with Crippen LogP contribution < -0.4 is 63.8 Å². The van der Waals surface area contributed by atoms with Gasteiger partial charge in [0.25, 0.3) is 0 Å². The largest absolute Gasteiger partial charge is 2.00 e. The molecule has 0 amide bonds. The van der Waals surface area contributed by atoms with E-state index >= 15 is 0 Å². The van der Waals surface area contributed by atoms with Crippen molar-refractivity contribution in [1.29, 1.82) is 0 Å². The Morgan fingerprint density at radius 1 is 0.225 bits per heavy atom. The van der Waals surface area contributed by atoms with Crippen LogP contribution in [0.1, 0.15) is 85.3 Å². The van der Waals surface area contributed by atoms with E-state index in [-0.39, 0.29) is 102 Å². The van der Waals surface area contributed by atoms with Crippen LogP contribution in [0.15, 0.2) is 380 Å². The molecule has 0 saturated heterocycles. The molecule has 0 aliphatic rings. The molecule has 9 aromatic heterocycles. The number of aliphatic imine (C=N–C) groups is 3. The third-order valence-electron chi connectivity index (χ3n) is 17.6. The summed E-state index contributed by atoms with van der Waals surface area (Å²) in [7, 11) is 0. The number of ether oxygens (including phenoxy) is 6. The van der Waals surface area contributed by atoms with Crippen molar-refractivity contribution in [3.8, 4) is 51.4 Å². The first-order valence-corrected chi connectivity index (χ1v) is 37.5. The van der Waals surface area contributed by atoms with Gasteiger partial charge in [-0.2, -0.15) is 0 Å². The van der Waals surface area contributed by atoms with E-state index in [9.17, 15) is 0 Å². The van der Waals surface area contributed by atoms with Crippen molar-refractivity contribution in [3.05, 3.63) is 432 Å². The molecule has 0 aliphatic carbocycles. The van der Waals surface area contributed by atoms with Crippen molar-refractivity contribution in [3.63, 3.8) is 0 Å². The zero-order valence-corrected chi connectivity index (χ0v) is 70.2. The molecule has 0 saturated carbocycles. The smallest absolute Gasteiger partial charge is 1.00 e. The molecular formula is C96H84Cl4Fe2N12O6. The summed E-state index contributed by atoms with van der Waals surface area (Å²) in [6, 6.07) is 101. The molecule has 0 aliphatic heterocycles. The summed E-state index contributed by atoms with van der Waals surface area (Å²) in [4.78, 5) is 54.5. The van der Waals surface area contributed by atoms with Gasteiger partial charge in [0, 0.05) is 55.8 Å². The molecule has 15 aromatic rings. The molecule has 6 aromatic carbocycles. The minimum atomic E-state index is -0.159. The van der Waals surface area contributed by atoms with Gasteiger partial charge in [-0.1, -0.05) is 218 Å². The Hall–Kier alpha value is -11.8. The van der Waals surface area contributed by atoms with Crippen LogP contribution in [-0.2, 0) is 88.0 Å². The van der Waals surface area contributed by atoms with Gasteiger partial charge in [-0.15, -0.1) is 0 Å². The van der Waals surface area contributed by atoms with Crippen LogP contribution in [0, 0.1) is 0 Å². The first-order valence-electron chi connectivity index (χ1n) is 37.5. The predicted octanol–water partition coefficient (Wildman–Crippen LogP) is 7.49. The van der Waals surface area contributed by atoms with Crippen LogP contribution in [-0.4, -0.2) is 83.3 Å². The summed E-state index contributed by atoms with van der Waals surface area (Å²) in [5.41, 5.74) is 16.9. The van der Waals surface area contributed by atoms with E-state index in [0.29, 0.717) is 59.5 Å². The van der Waals surface area contributed by atoms with E-state index in [1.807, 2.05) is 292 Å². The fourth-order valence-corrected chi connectivity index (χ4v) is 11.5. The average molecular weight is 1760 g/mol. The quantitative estimate of drug-likeness (QED) is 0.0288. The number of hydrogen-bond donors (Lipinski definition) is 0. The number of nitrogens with zero attached hydrogens (tertiary/aromatic N) is 12. The Labute approximate surface area is 746 Å². The summed E-state index contributed by atoms with van der Waals surface area (Å²) < 4.78 is 35.7. The Bertz CT molecular complexity index is 4810. The number of rotatable bonds is 33. The van der Waals surface area contributed by atoms with Crippen molar-refractivity contribution in [2.45, 2.75) is 57.8 Å². The van der Waals surface area contributed by atoms with Crippen LogP contribution in [0.25, 0.3) is 34.2 Å². The SMILES string of the molecule is C(=N[C@H](COCc1ccc(-c2ccccn2)nc1)c1ccccc1)c1ccc(OCc2ccccc2)cn1.C(=N[C@H](COCc1ccc(-c2ccccn2)nc1)c1ccccc1)c1ccc(OCc2ccccc2)cn1.C(=N[C@H](COCc1ccc(-c2ccccn2)nc1)c1ccccc1)c1ccc(OCc2ccccc2)cn1.[Cl-].[Cl-].[Cl-].[Cl-].[Fe+2].[Fe+2]. The summed E-state index contributed by atoms with van der Waals surface area (Å²) in [5, 5.41) is 0. The first-order chi connectivity index (χ1) is 56.5. The molecule has 24 heteroatoms. The molecule has 9 heterocycles. The number of aromatic nitrogens is 9. The molecule has 0 bridgehead atoms. The molecule has 15 rings (SSSR count). The molecular weight excluding hydrogens is 1670 g/mol. The van der Waals surface area contributed by atoms with Gasteiger partial charge in [-0.25, -0.2) is 0 Å². The number of halogens is 4. The van der Waals surface area contributed by atoms with E-state index in [4.69, 9.17) is 43.4 Å². The molecule has 0 fully saturated rings. The normalized spacial score (nSPS) is 11.3. The van der Waals surface area contributed by atoms with Crippen molar-refractivity contribution >= 4 is 18.6 Å². The van der Waals surface area contributed by atoms with Crippen LogP contribution in [0.5, 0.6) is 17.2 Å². The van der Waals surface area contributed by atoms with Crippen LogP contribution in [0.3, 0.4) is 0 Å². The van der Waals surface area contributed by atoms with Gasteiger partial charge >= 0.3 is 34.1 Å². The zero-order valence-electron chi connectivity index (χ0n) is 65.0. The van der Waals surface area contributed by atoms with E-state index < -0.39 is 0 Å². The van der Waals surface area contributed by atoms with Gasteiger partial charge in [0.05, 0.1) is 128 Å². The fourth-order valence-electron chi connectivity index (χ4n) is 11.5. The minimum absolute atomic E-state index is 0. The number of hydrogen-bond acceptors (Lipinski definition) is 18. The maximum absolute atomic E-state index is 6.05. The Morgan fingerprint density at radius 3 is 0.700 bits per heavy atom. The zero-order chi connectivity index (χ0) is 77.5. The second-order valence-electron chi connectivity index (χ2n) is 26.0. The first kappa shape index (κ1) is 95.3. The molecule has 0 radical (unpaired) electrons. The summed E-state index contributed by atoms with van der Waals surface area (Å²) in [6.45, 7) is 4.14. The van der Waals surface area contributed by atoms with Crippen LogP contribution in [0.4, 0.5) is 0 Å².